The standard InChI is InChI=1S/C17H23N3/c1-2-20(12-8-15-6-10-19-11-7-15)13-9-16-4-3-5-17(18)14-16/h3-7,10-11,14H,2,8-9,12-13,18H2,1H3. The Bertz CT molecular complexity index is 511. The van der Waals surface area contributed by atoms with E-state index in [0.29, 0.717) is 0 Å². The molecule has 106 valence electrons. The summed E-state index contributed by atoms with van der Waals surface area (Å²) in [4.78, 5) is 6.53. The van der Waals surface area contributed by atoms with Crippen molar-refractivity contribution in [2.24, 2.45) is 0 Å². The van der Waals surface area contributed by atoms with Gasteiger partial charge in [-0.3, -0.25) is 4.98 Å². The molecular weight excluding hydrogens is 246 g/mol. The molecule has 0 atom stereocenters. The minimum Gasteiger partial charge on any atom is -0.399 e. The predicted octanol–water partition coefficient (Wildman–Crippen LogP) is 2.77. The van der Waals surface area contributed by atoms with Gasteiger partial charge in [0.2, 0.25) is 0 Å². The molecule has 3 heteroatoms. The summed E-state index contributed by atoms with van der Waals surface area (Å²) in [6, 6.07) is 12.4. The molecular formula is C17H23N3. The van der Waals surface area contributed by atoms with E-state index in [2.05, 4.69) is 41.1 Å². The molecule has 2 rings (SSSR count). The summed E-state index contributed by atoms with van der Waals surface area (Å²) in [7, 11) is 0. The van der Waals surface area contributed by atoms with Gasteiger partial charge in [-0.15, -0.1) is 0 Å². The summed E-state index contributed by atoms with van der Waals surface area (Å²) in [6.07, 6.45) is 5.85. The summed E-state index contributed by atoms with van der Waals surface area (Å²) in [5, 5.41) is 0. The van der Waals surface area contributed by atoms with Gasteiger partial charge in [0.1, 0.15) is 0 Å². The highest BCUT2D eigenvalue weighted by molar-refractivity contribution is 5.40. The lowest BCUT2D eigenvalue weighted by molar-refractivity contribution is 0.295. The molecule has 1 heterocycles. The molecule has 0 aliphatic carbocycles. The lowest BCUT2D eigenvalue weighted by Crippen LogP contribution is -2.28. The van der Waals surface area contributed by atoms with E-state index < -0.39 is 0 Å². The van der Waals surface area contributed by atoms with E-state index in [1.54, 1.807) is 0 Å². The maximum atomic E-state index is 5.81. The van der Waals surface area contributed by atoms with Gasteiger partial charge in [-0.05, 0) is 54.8 Å². The number of benzene rings is 1. The van der Waals surface area contributed by atoms with Crippen LogP contribution in [0.4, 0.5) is 5.69 Å². The number of likely N-dealkylation sites (N-methyl/N-ethyl adjacent to an activating group) is 1. The number of nitrogen functional groups attached to an aromatic ring is 1. The monoisotopic (exact) mass is 269 g/mol. The van der Waals surface area contributed by atoms with E-state index in [1.165, 1.54) is 11.1 Å². The molecule has 3 nitrogen and oxygen atoms in total. The van der Waals surface area contributed by atoms with Crippen molar-refractivity contribution in [1.29, 1.82) is 0 Å². The van der Waals surface area contributed by atoms with Gasteiger partial charge in [0.15, 0.2) is 0 Å². The minimum atomic E-state index is 0.849. The molecule has 0 fully saturated rings. The first-order valence-electron chi connectivity index (χ1n) is 7.23. The van der Waals surface area contributed by atoms with E-state index in [0.717, 1.165) is 38.2 Å². The van der Waals surface area contributed by atoms with E-state index in [1.807, 2.05) is 24.5 Å². The Labute approximate surface area is 121 Å². The van der Waals surface area contributed by atoms with Crippen molar-refractivity contribution >= 4 is 5.69 Å². The molecule has 0 aliphatic rings. The highest BCUT2D eigenvalue weighted by Gasteiger charge is 2.03. The Morgan fingerprint density at radius 3 is 2.35 bits per heavy atom. The summed E-state index contributed by atoms with van der Waals surface area (Å²) in [5.41, 5.74) is 9.32. The van der Waals surface area contributed by atoms with E-state index in [4.69, 9.17) is 5.73 Å². The van der Waals surface area contributed by atoms with E-state index >= 15 is 0 Å². The van der Waals surface area contributed by atoms with Crippen LogP contribution in [0.2, 0.25) is 0 Å². The molecule has 1 aromatic carbocycles. The minimum absolute atomic E-state index is 0.849. The van der Waals surface area contributed by atoms with Crippen LogP contribution in [0.1, 0.15) is 18.1 Å². The predicted molar refractivity (Wildman–Crippen MR) is 84.6 cm³/mol. The van der Waals surface area contributed by atoms with E-state index in [-0.39, 0.29) is 0 Å². The van der Waals surface area contributed by atoms with Crippen molar-refractivity contribution in [2.75, 3.05) is 25.4 Å². The molecule has 2 N–H and O–H groups in total. The van der Waals surface area contributed by atoms with Gasteiger partial charge in [0, 0.05) is 31.2 Å². The first-order valence-corrected chi connectivity index (χ1v) is 7.23. The largest absolute Gasteiger partial charge is 0.399 e. The third-order valence-corrected chi connectivity index (χ3v) is 3.58. The maximum absolute atomic E-state index is 5.81. The normalized spacial score (nSPS) is 10.9. The van der Waals surface area contributed by atoms with Crippen LogP contribution in [0.5, 0.6) is 0 Å². The lowest BCUT2D eigenvalue weighted by atomic mass is 10.1. The number of hydrogen-bond donors (Lipinski definition) is 1. The second-order valence-corrected chi connectivity index (χ2v) is 5.03. The molecule has 0 spiro atoms. The fraction of sp³-hybridized carbons (Fsp3) is 0.353. The SMILES string of the molecule is CCN(CCc1ccncc1)CCc1cccc(N)c1. The van der Waals surface area contributed by atoms with Crippen molar-refractivity contribution in [3.05, 3.63) is 59.9 Å². The van der Waals surface area contributed by atoms with Crippen LogP contribution in [0.3, 0.4) is 0 Å². The molecule has 0 saturated heterocycles. The Morgan fingerprint density at radius 2 is 1.70 bits per heavy atom. The van der Waals surface area contributed by atoms with Gasteiger partial charge >= 0.3 is 0 Å². The molecule has 0 unspecified atom stereocenters. The number of pyridine rings is 1. The second kappa shape index (κ2) is 7.65. The molecule has 0 amide bonds. The third-order valence-electron chi connectivity index (χ3n) is 3.58. The highest BCUT2D eigenvalue weighted by Crippen LogP contribution is 2.08. The first kappa shape index (κ1) is 14.5. The average Bonchev–Trinajstić information content (AvgIpc) is 2.48. The lowest BCUT2D eigenvalue weighted by Gasteiger charge is -2.20. The quantitative estimate of drug-likeness (QED) is 0.786. The van der Waals surface area contributed by atoms with Gasteiger partial charge < -0.3 is 10.6 Å². The van der Waals surface area contributed by atoms with Crippen molar-refractivity contribution < 1.29 is 0 Å². The number of rotatable bonds is 7. The van der Waals surface area contributed by atoms with Crippen LogP contribution in [0, 0.1) is 0 Å². The summed E-state index contributed by atoms with van der Waals surface area (Å²) < 4.78 is 0. The smallest absolute Gasteiger partial charge is 0.0316 e. The average molecular weight is 269 g/mol. The summed E-state index contributed by atoms with van der Waals surface area (Å²) >= 11 is 0. The Morgan fingerprint density at radius 1 is 1.00 bits per heavy atom. The van der Waals surface area contributed by atoms with Gasteiger partial charge in [-0.25, -0.2) is 0 Å². The van der Waals surface area contributed by atoms with Crippen LogP contribution in [0.25, 0.3) is 0 Å². The van der Waals surface area contributed by atoms with Crippen LogP contribution in [-0.2, 0) is 12.8 Å². The fourth-order valence-corrected chi connectivity index (χ4v) is 2.30. The number of nitrogens with two attached hydrogens (primary N) is 1. The van der Waals surface area contributed by atoms with Crippen LogP contribution < -0.4 is 5.73 Å². The van der Waals surface area contributed by atoms with Gasteiger partial charge in [-0.1, -0.05) is 19.1 Å². The summed E-state index contributed by atoms with van der Waals surface area (Å²) in [6.45, 7) is 5.45. The second-order valence-electron chi connectivity index (χ2n) is 5.03. The van der Waals surface area contributed by atoms with Crippen molar-refractivity contribution in [1.82, 2.24) is 9.88 Å². The Kier molecular flexibility index (Phi) is 5.56. The van der Waals surface area contributed by atoms with Gasteiger partial charge in [0.05, 0.1) is 0 Å². The van der Waals surface area contributed by atoms with Crippen molar-refractivity contribution in [3.8, 4) is 0 Å². The van der Waals surface area contributed by atoms with E-state index in [9.17, 15) is 0 Å². The Hall–Kier alpha value is -1.87. The zero-order chi connectivity index (χ0) is 14.2. The molecule has 20 heavy (non-hydrogen) atoms. The molecule has 0 aliphatic heterocycles. The molecule has 2 aromatic rings. The molecule has 0 radical (unpaired) electrons. The first-order chi connectivity index (χ1) is 9.78. The molecule has 1 aromatic heterocycles. The zero-order valence-electron chi connectivity index (χ0n) is 12.1. The zero-order valence-corrected chi connectivity index (χ0v) is 12.1. The van der Waals surface area contributed by atoms with Gasteiger partial charge in [0.25, 0.3) is 0 Å². The molecule has 0 bridgehead atoms. The Balaban J connectivity index is 1.80. The van der Waals surface area contributed by atoms with Crippen LogP contribution in [0.15, 0.2) is 48.8 Å². The topological polar surface area (TPSA) is 42.2 Å². The number of aromatic nitrogens is 1. The maximum Gasteiger partial charge on any atom is 0.0316 e. The number of anilines is 1. The molecule has 0 saturated carbocycles. The summed E-state index contributed by atoms with van der Waals surface area (Å²) in [5.74, 6) is 0. The van der Waals surface area contributed by atoms with Crippen LogP contribution >= 0.6 is 0 Å². The number of nitrogens with zero attached hydrogens (tertiary/aromatic N) is 2. The highest BCUT2D eigenvalue weighted by atomic mass is 15.1. The van der Waals surface area contributed by atoms with Crippen molar-refractivity contribution in [3.63, 3.8) is 0 Å². The van der Waals surface area contributed by atoms with Gasteiger partial charge in [-0.2, -0.15) is 0 Å². The number of hydrogen-bond acceptors (Lipinski definition) is 3. The fourth-order valence-electron chi connectivity index (χ4n) is 2.30. The van der Waals surface area contributed by atoms with Crippen LogP contribution in [-0.4, -0.2) is 29.5 Å². The third kappa shape index (κ3) is 4.67. The van der Waals surface area contributed by atoms with Crippen molar-refractivity contribution in [2.45, 2.75) is 19.8 Å².